The standard InChI is InChI=1S/C23H23Cl2NO2/c1-2-28-21-13-11-20(12-14-21)26-22(16-3-7-18(24)8-4-16)15-23(27)17-5-9-19(25)10-6-17/h3-14,22-23,26-27H,2,15H2,1H3. The predicted molar refractivity (Wildman–Crippen MR) is 116 cm³/mol. The third kappa shape index (κ3) is 5.65. The highest BCUT2D eigenvalue weighted by molar-refractivity contribution is 6.30. The van der Waals surface area contributed by atoms with Crippen LogP contribution in [0.25, 0.3) is 0 Å². The number of hydrogen-bond acceptors (Lipinski definition) is 3. The first-order valence-electron chi connectivity index (χ1n) is 9.23. The maximum atomic E-state index is 10.8. The van der Waals surface area contributed by atoms with Gasteiger partial charge >= 0.3 is 0 Å². The summed E-state index contributed by atoms with van der Waals surface area (Å²) in [7, 11) is 0. The van der Waals surface area contributed by atoms with Gasteiger partial charge < -0.3 is 15.2 Å². The van der Waals surface area contributed by atoms with Crippen LogP contribution in [0.1, 0.15) is 36.6 Å². The van der Waals surface area contributed by atoms with E-state index in [4.69, 9.17) is 27.9 Å². The second-order valence-corrected chi connectivity index (χ2v) is 7.38. The molecule has 28 heavy (non-hydrogen) atoms. The van der Waals surface area contributed by atoms with E-state index in [0.29, 0.717) is 23.1 Å². The molecule has 3 nitrogen and oxygen atoms in total. The van der Waals surface area contributed by atoms with E-state index in [1.165, 1.54) is 0 Å². The summed E-state index contributed by atoms with van der Waals surface area (Å²) >= 11 is 12.0. The molecule has 0 fully saturated rings. The van der Waals surface area contributed by atoms with Crippen LogP contribution in [0.4, 0.5) is 5.69 Å². The lowest BCUT2D eigenvalue weighted by atomic mass is 9.96. The molecule has 0 amide bonds. The van der Waals surface area contributed by atoms with Gasteiger partial charge in [0.2, 0.25) is 0 Å². The zero-order chi connectivity index (χ0) is 19.9. The van der Waals surface area contributed by atoms with E-state index in [0.717, 1.165) is 22.6 Å². The van der Waals surface area contributed by atoms with Crippen molar-refractivity contribution in [3.8, 4) is 5.75 Å². The molecule has 0 aromatic heterocycles. The Bertz CT molecular complexity index is 865. The van der Waals surface area contributed by atoms with Crippen LogP contribution < -0.4 is 10.1 Å². The number of halogens is 2. The molecule has 0 bridgehead atoms. The van der Waals surface area contributed by atoms with E-state index in [1.54, 1.807) is 12.1 Å². The number of aliphatic hydroxyl groups is 1. The van der Waals surface area contributed by atoms with Gasteiger partial charge in [-0.1, -0.05) is 47.5 Å². The van der Waals surface area contributed by atoms with Gasteiger partial charge in [-0.3, -0.25) is 0 Å². The molecule has 3 aromatic carbocycles. The molecule has 5 heteroatoms. The average Bonchev–Trinajstić information content (AvgIpc) is 2.70. The van der Waals surface area contributed by atoms with Crippen LogP contribution in [0.3, 0.4) is 0 Å². The fourth-order valence-electron chi connectivity index (χ4n) is 3.03. The fraction of sp³-hybridized carbons (Fsp3) is 0.217. The van der Waals surface area contributed by atoms with E-state index in [9.17, 15) is 5.11 Å². The van der Waals surface area contributed by atoms with Crippen molar-refractivity contribution in [1.82, 2.24) is 0 Å². The number of ether oxygens (including phenoxy) is 1. The van der Waals surface area contributed by atoms with Gasteiger partial charge in [-0.25, -0.2) is 0 Å². The van der Waals surface area contributed by atoms with Gasteiger partial charge in [-0.2, -0.15) is 0 Å². The monoisotopic (exact) mass is 415 g/mol. The number of benzene rings is 3. The summed E-state index contributed by atoms with van der Waals surface area (Å²) in [6, 6.07) is 22.7. The van der Waals surface area contributed by atoms with E-state index in [1.807, 2.05) is 67.6 Å². The SMILES string of the molecule is CCOc1ccc(NC(CC(O)c2ccc(Cl)cc2)c2ccc(Cl)cc2)cc1. The Balaban J connectivity index is 1.80. The first-order chi connectivity index (χ1) is 13.5. The molecule has 2 N–H and O–H groups in total. The van der Waals surface area contributed by atoms with Crippen molar-refractivity contribution < 1.29 is 9.84 Å². The molecule has 0 saturated heterocycles. The van der Waals surface area contributed by atoms with Crippen molar-refractivity contribution in [1.29, 1.82) is 0 Å². The van der Waals surface area contributed by atoms with Crippen LogP contribution >= 0.6 is 23.2 Å². The lowest BCUT2D eigenvalue weighted by Crippen LogP contribution is -2.15. The Labute approximate surface area is 175 Å². The first-order valence-corrected chi connectivity index (χ1v) is 9.99. The zero-order valence-electron chi connectivity index (χ0n) is 15.6. The van der Waals surface area contributed by atoms with Gasteiger partial charge in [0.15, 0.2) is 0 Å². The molecule has 0 heterocycles. The van der Waals surface area contributed by atoms with E-state index in [-0.39, 0.29) is 6.04 Å². The number of nitrogens with one attached hydrogen (secondary N) is 1. The van der Waals surface area contributed by atoms with Gasteiger partial charge in [0.1, 0.15) is 5.75 Å². The van der Waals surface area contributed by atoms with Gasteiger partial charge in [0.05, 0.1) is 18.8 Å². The quantitative estimate of drug-likeness (QED) is 0.431. The summed E-state index contributed by atoms with van der Waals surface area (Å²) in [5, 5.41) is 15.6. The lowest BCUT2D eigenvalue weighted by molar-refractivity contribution is 0.160. The summed E-state index contributed by atoms with van der Waals surface area (Å²) in [6.07, 6.45) is -0.135. The maximum absolute atomic E-state index is 10.8. The lowest BCUT2D eigenvalue weighted by Gasteiger charge is -2.24. The normalized spacial score (nSPS) is 13.0. The van der Waals surface area contributed by atoms with Crippen molar-refractivity contribution in [2.45, 2.75) is 25.5 Å². The molecule has 0 aliphatic carbocycles. The molecular weight excluding hydrogens is 393 g/mol. The molecule has 0 aliphatic rings. The molecule has 2 unspecified atom stereocenters. The zero-order valence-corrected chi connectivity index (χ0v) is 17.1. The molecule has 3 rings (SSSR count). The molecule has 3 aromatic rings. The first kappa shape index (κ1) is 20.5. The largest absolute Gasteiger partial charge is 0.494 e. The van der Waals surface area contributed by atoms with Gasteiger partial charge in [0.25, 0.3) is 0 Å². The summed E-state index contributed by atoms with van der Waals surface area (Å²) in [5.41, 5.74) is 2.83. The van der Waals surface area contributed by atoms with Gasteiger partial charge in [0, 0.05) is 22.2 Å². The number of aliphatic hydroxyl groups excluding tert-OH is 1. The summed E-state index contributed by atoms with van der Waals surface area (Å²) in [4.78, 5) is 0. The smallest absolute Gasteiger partial charge is 0.119 e. The maximum Gasteiger partial charge on any atom is 0.119 e. The predicted octanol–water partition coefficient (Wildman–Crippen LogP) is 6.67. The summed E-state index contributed by atoms with van der Waals surface area (Å²) in [6.45, 7) is 2.59. The second-order valence-electron chi connectivity index (χ2n) is 6.51. The van der Waals surface area contributed by atoms with Crippen LogP contribution in [-0.2, 0) is 0 Å². The fourth-order valence-corrected chi connectivity index (χ4v) is 3.28. The van der Waals surface area contributed by atoms with Gasteiger partial charge in [-0.05, 0) is 66.6 Å². The third-order valence-corrected chi connectivity index (χ3v) is 5.00. The Morgan fingerprint density at radius 1 is 0.821 bits per heavy atom. The van der Waals surface area contributed by atoms with Crippen molar-refractivity contribution >= 4 is 28.9 Å². The Kier molecular flexibility index (Phi) is 7.21. The molecule has 146 valence electrons. The minimum Gasteiger partial charge on any atom is -0.494 e. The van der Waals surface area contributed by atoms with Crippen molar-refractivity contribution in [2.24, 2.45) is 0 Å². The molecule has 0 spiro atoms. The Hall–Kier alpha value is -2.20. The number of hydrogen-bond donors (Lipinski definition) is 2. The van der Waals surface area contributed by atoms with Crippen LogP contribution in [-0.4, -0.2) is 11.7 Å². The minimum atomic E-state index is -0.631. The Morgan fingerprint density at radius 2 is 1.36 bits per heavy atom. The van der Waals surface area contributed by atoms with Crippen molar-refractivity contribution in [3.63, 3.8) is 0 Å². The van der Waals surface area contributed by atoms with E-state index < -0.39 is 6.10 Å². The number of anilines is 1. The van der Waals surface area contributed by atoms with Gasteiger partial charge in [-0.15, -0.1) is 0 Å². The minimum absolute atomic E-state index is 0.0964. The highest BCUT2D eigenvalue weighted by Crippen LogP contribution is 2.31. The molecule has 2 atom stereocenters. The summed E-state index contributed by atoms with van der Waals surface area (Å²) in [5.74, 6) is 0.831. The molecular formula is C23H23Cl2NO2. The van der Waals surface area contributed by atoms with Crippen LogP contribution in [0.5, 0.6) is 5.75 Å². The highest BCUT2D eigenvalue weighted by Gasteiger charge is 2.18. The van der Waals surface area contributed by atoms with Crippen LogP contribution in [0.2, 0.25) is 10.0 Å². The topological polar surface area (TPSA) is 41.5 Å². The van der Waals surface area contributed by atoms with Crippen molar-refractivity contribution in [3.05, 3.63) is 94.0 Å². The Morgan fingerprint density at radius 3 is 1.89 bits per heavy atom. The van der Waals surface area contributed by atoms with Crippen molar-refractivity contribution in [2.75, 3.05) is 11.9 Å². The number of rotatable bonds is 8. The van der Waals surface area contributed by atoms with Crippen LogP contribution in [0.15, 0.2) is 72.8 Å². The van der Waals surface area contributed by atoms with Crippen LogP contribution in [0, 0.1) is 0 Å². The third-order valence-electron chi connectivity index (χ3n) is 4.49. The van der Waals surface area contributed by atoms with E-state index in [2.05, 4.69) is 5.32 Å². The average molecular weight is 416 g/mol. The molecule has 0 radical (unpaired) electrons. The summed E-state index contributed by atoms with van der Waals surface area (Å²) < 4.78 is 5.50. The molecule has 0 saturated carbocycles. The molecule has 0 aliphatic heterocycles. The van der Waals surface area contributed by atoms with E-state index >= 15 is 0 Å². The second kappa shape index (κ2) is 9.83. The highest BCUT2D eigenvalue weighted by atomic mass is 35.5.